The molecule has 2 aromatic rings. The first-order chi connectivity index (χ1) is 12.9. The van der Waals surface area contributed by atoms with Crippen LogP contribution in [0, 0.1) is 19.8 Å². The van der Waals surface area contributed by atoms with Gasteiger partial charge < -0.3 is 10.0 Å². The number of carbonyl (C=O) groups is 2. The van der Waals surface area contributed by atoms with Gasteiger partial charge in [0, 0.05) is 24.3 Å². The topological polar surface area (TPSA) is 104 Å². The Morgan fingerprint density at radius 1 is 1.26 bits per heavy atom. The van der Waals surface area contributed by atoms with Crippen molar-refractivity contribution in [3.05, 3.63) is 23.1 Å². The maximum atomic E-state index is 13.2. The van der Waals surface area contributed by atoms with Gasteiger partial charge in [0.2, 0.25) is 0 Å². The van der Waals surface area contributed by atoms with Crippen LogP contribution in [0.3, 0.4) is 0 Å². The molecular formula is C19H25N5O3. The molecule has 0 radical (unpaired) electrons. The standard InChI is InChI=1S/C19H25N5O3/c1-10-17(11(2)23(3)22-10)13-9-14(21-20-13)18(25)24-15-7-5-4-6-12(15)8-16(24)19(26)27/h9,12,15-16H,4-8H2,1-3H3,(H,20,21)(H,26,27). The summed E-state index contributed by atoms with van der Waals surface area (Å²) in [5, 5.41) is 21.2. The van der Waals surface area contributed by atoms with Gasteiger partial charge in [-0.15, -0.1) is 0 Å². The summed E-state index contributed by atoms with van der Waals surface area (Å²) in [5.41, 5.74) is 3.71. The van der Waals surface area contributed by atoms with E-state index in [2.05, 4.69) is 15.3 Å². The smallest absolute Gasteiger partial charge is 0.326 e. The first kappa shape index (κ1) is 17.8. The first-order valence-corrected chi connectivity index (χ1v) is 9.50. The summed E-state index contributed by atoms with van der Waals surface area (Å²) in [4.78, 5) is 26.6. The van der Waals surface area contributed by atoms with Crippen molar-refractivity contribution in [3.63, 3.8) is 0 Å². The van der Waals surface area contributed by atoms with Crippen molar-refractivity contribution < 1.29 is 14.7 Å². The number of aromatic nitrogens is 4. The van der Waals surface area contributed by atoms with E-state index in [9.17, 15) is 14.7 Å². The van der Waals surface area contributed by atoms with Gasteiger partial charge in [-0.25, -0.2) is 4.79 Å². The number of hydrogen-bond acceptors (Lipinski definition) is 4. The fraction of sp³-hybridized carbons (Fsp3) is 0.579. The highest BCUT2D eigenvalue weighted by Crippen LogP contribution is 2.40. The average molecular weight is 371 g/mol. The van der Waals surface area contributed by atoms with Gasteiger partial charge in [0.05, 0.1) is 11.4 Å². The summed E-state index contributed by atoms with van der Waals surface area (Å²) in [6, 6.07) is 0.981. The molecule has 1 amide bonds. The summed E-state index contributed by atoms with van der Waals surface area (Å²) in [5.74, 6) is -0.903. The van der Waals surface area contributed by atoms with Gasteiger partial charge in [0.15, 0.2) is 0 Å². The molecule has 3 heterocycles. The summed E-state index contributed by atoms with van der Waals surface area (Å²) in [6.07, 6.45) is 4.58. The summed E-state index contributed by atoms with van der Waals surface area (Å²) in [6.45, 7) is 3.87. The van der Waals surface area contributed by atoms with Crippen LogP contribution in [0.2, 0.25) is 0 Å². The van der Waals surface area contributed by atoms with Crippen LogP contribution in [0.4, 0.5) is 0 Å². The van der Waals surface area contributed by atoms with Gasteiger partial charge in [-0.1, -0.05) is 12.8 Å². The van der Waals surface area contributed by atoms with E-state index >= 15 is 0 Å². The highest BCUT2D eigenvalue weighted by atomic mass is 16.4. The van der Waals surface area contributed by atoms with Crippen molar-refractivity contribution in [3.8, 4) is 11.3 Å². The number of carboxylic acids is 1. The summed E-state index contributed by atoms with van der Waals surface area (Å²) in [7, 11) is 1.87. The lowest BCUT2D eigenvalue weighted by atomic mass is 9.84. The molecule has 4 rings (SSSR count). The second-order valence-corrected chi connectivity index (χ2v) is 7.75. The molecule has 1 aliphatic carbocycles. The number of amides is 1. The van der Waals surface area contributed by atoms with Crippen molar-refractivity contribution in [2.45, 2.75) is 58.0 Å². The highest BCUT2D eigenvalue weighted by Gasteiger charge is 2.48. The van der Waals surface area contributed by atoms with Crippen LogP contribution in [-0.2, 0) is 11.8 Å². The molecule has 1 aliphatic heterocycles. The fourth-order valence-electron chi connectivity index (χ4n) is 4.82. The molecule has 2 N–H and O–H groups in total. The van der Waals surface area contributed by atoms with Crippen LogP contribution in [0.1, 0.15) is 54.0 Å². The van der Waals surface area contributed by atoms with Gasteiger partial charge in [0.1, 0.15) is 11.7 Å². The number of carbonyl (C=O) groups excluding carboxylic acids is 1. The van der Waals surface area contributed by atoms with Gasteiger partial charge in [-0.05, 0) is 45.1 Å². The molecular weight excluding hydrogens is 346 g/mol. The fourth-order valence-corrected chi connectivity index (χ4v) is 4.82. The number of carboxylic acid groups (broad SMARTS) is 1. The SMILES string of the molecule is Cc1nn(C)c(C)c1-c1cc(C(=O)N2C(C(=O)O)CC3CCCCC32)[nH]n1. The van der Waals surface area contributed by atoms with E-state index in [1.54, 1.807) is 15.6 Å². The van der Waals surface area contributed by atoms with E-state index in [-0.39, 0.29) is 17.9 Å². The lowest BCUT2D eigenvalue weighted by Gasteiger charge is -2.32. The van der Waals surface area contributed by atoms with Crippen molar-refractivity contribution in [1.82, 2.24) is 24.9 Å². The van der Waals surface area contributed by atoms with E-state index in [4.69, 9.17) is 0 Å². The number of likely N-dealkylation sites (tertiary alicyclic amines) is 1. The molecule has 1 saturated heterocycles. The second kappa shape index (κ2) is 6.51. The molecule has 3 unspecified atom stereocenters. The number of H-pyrrole nitrogens is 1. The van der Waals surface area contributed by atoms with Crippen LogP contribution in [0.15, 0.2) is 6.07 Å². The molecule has 0 bridgehead atoms. The van der Waals surface area contributed by atoms with Gasteiger partial charge in [0.25, 0.3) is 5.91 Å². The minimum atomic E-state index is -0.920. The first-order valence-electron chi connectivity index (χ1n) is 9.50. The molecule has 0 aromatic carbocycles. The van der Waals surface area contributed by atoms with E-state index in [0.29, 0.717) is 17.8 Å². The third-order valence-corrected chi connectivity index (χ3v) is 6.18. The number of nitrogens with zero attached hydrogens (tertiary/aromatic N) is 4. The Labute approximate surface area is 157 Å². The maximum Gasteiger partial charge on any atom is 0.326 e. The third-order valence-electron chi connectivity index (χ3n) is 6.18. The lowest BCUT2D eigenvalue weighted by Crippen LogP contribution is -2.46. The second-order valence-electron chi connectivity index (χ2n) is 7.75. The Balaban J connectivity index is 1.66. The molecule has 2 aromatic heterocycles. The molecule has 144 valence electrons. The van der Waals surface area contributed by atoms with Crippen molar-refractivity contribution in [1.29, 1.82) is 0 Å². The lowest BCUT2D eigenvalue weighted by molar-refractivity contribution is -0.141. The van der Waals surface area contributed by atoms with Gasteiger partial charge >= 0.3 is 5.97 Å². The molecule has 3 atom stereocenters. The Bertz CT molecular complexity index is 899. The molecule has 27 heavy (non-hydrogen) atoms. The Hall–Kier alpha value is -2.64. The predicted molar refractivity (Wildman–Crippen MR) is 98.2 cm³/mol. The number of aryl methyl sites for hydroxylation is 2. The number of rotatable bonds is 3. The molecule has 8 heteroatoms. The predicted octanol–water partition coefficient (Wildman–Crippen LogP) is 2.28. The van der Waals surface area contributed by atoms with Crippen LogP contribution in [0.25, 0.3) is 11.3 Å². The largest absolute Gasteiger partial charge is 0.480 e. The van der Waals surface area contributed by atoms with Crippen molar-refractivity contribution >= 4 is 11.9 Å². The van der Waals surface area contributed by atoms with Gasteiger partial charge in [-0.3, -0.25) is 14.6 Å². The van der Waals surface area contributed by atoms with Crippen LogP contribution >= 0.6 is 0 Å². The van der Waals surface area contributed by atoms with E-state index in [1.165, 1.54) is 0 Å². The van der Waals surface area contributed by atoms with E-state index < -0.39 is 12.0 Å². The van der Waals surface area contributed by atoms with Gasteiger partial charge in [-0.2, -0.15) is 10.2 Å². The maximum absolute atomic E-state index is 13.2. The van der Waals surface area contributed by atoms with E-state index in [0.717, 1.165) is 42.6 Å². The Morgan fingerprint density at radius 2 is 2.00 bits per heavy atom. The third kappa shape index (κ3) is 2.83. The molecule has 2 aliphatic rings. The molecule has 8 nitrogen and oxygen atoms in total. The van der Waals surface area contributed by atoms with E-state index in [1.807, 2.05) is 20.9 Å². The molecule has 2 fully saturated rings. The minimum Gasteiger partial charge on any atom is -0.480 e. The van der Waals surface area contributed by atoms with Crippen molar-refractivity contribution in [2.75, 3.05) is 0 Å². The number of aromatic amines is 1. The zero-order valence-corrected chi connectivity index (χ0v) is 15.9. The number of fused-ring (bicyclic) bond motifs is 1. The summed E-state index contributed by atoms with van der Waals surface area (Å²) >= 11 is 0. The molecule has 0 spiro atoms. The minimum absolute atomic E-state index is 0.0148. The summed E-state index contributed by atoms with van der Waals surface area (Å²) < 4.78 is 1.79. The quantitative estimate of drug-likeness (QED) is 0.861. The monoisotopic (exact) mass is 371 g/mol. The number of aliphatic carboxylic acids is 1. The number of hydrogen-bond donors (Lipinski definition) is 2. The van der Waals surface area contributed by atoms with Crippen LogP contribution < -0.4 is 0 Å². The van der Waals surface area contributed by atoms with Crippen LogP contribution in [0.5, 0.6) is 0 Å². The number of nitrogens with one attached hydrogen (secondary N) is 1. The molecule has 1 saturated carbocycles. The Morgan fingerprint density at radius 3 is 2.67 bits per heavy atom. The van der Waals surface area contributed by atoms with Crippen LogP contribution in [-0.4, -0.2) is 53.9 Å². The highest BCUT2D eigenvalue weighted by molar-refractivity contribution is 5.96. The zero-order chi connectivity index (χ0) is 19.3. The average Bonchev–Trinajstić information content (AvgIpc) is 3.31. The zero-order valence-electron chi connectivity index (χ0n) is 15.9. The normalized spacial score (nSPS) is 24.9. The van der Waals surface area contributed by atoms with Crippen molar-refractivity contribution in [2.24, 2.45) is 13.0 Å². The Kier molecular flexibility index (Phi) is 4.28.